The Labute approximate surface area is 148 Å². The molecule has 0 amide bonds. The fourth-order valence-electron chi connectivity index (χ4n) is 3.01. The minimum Gasteiger partial charge on any atom is -0.465 e. The third-order valence-corrected chi connectivity index (χ3v) is 4.31. The van der Waals surface area contributed by atoms with Crippen molar-refractivity contribution in [2.75, 3.05) is 6.61 Å². The summed E-state index contributed by atoms with van der Waals surface area (Å²) in [7, 11) is 0. The summed E-state index contributed by atoms with van der Waals surface area (Å²) in [4.78, 5) is 16.3. The smallest absolute Gasteiger partial charge is 0.344 e. The van der Waals surface area contributed by atoms with Crippen molar-refractivity contribution in [3.8, 4) is 5.88 Å². The molecule has 0 bridgehead atoms. The molecule has 1 aliphatic rings. The van der Waals surface area contributed by atoms with Crippen molar-refractivity contribution in [3.63, 3.8) is 0 Å². The highest BCUT2D eigenvalue weighted by Gasteiger charge is 2.16. The van der Waals surface area contributed by atoms with E-state index in [1.165, 1.54) is 18.4 Å². The first-order valence-corrected chi connectivity index (χ1v) is 8.71. The van der Waals surface area contributed by atoms with Crippen LogP contribution in [0.5, 0.6) is 5.88 Å². The van der Waals surface area contributed by atoms with E-state index in [9.17, 15) is 4.79 Å². The van der Waals surface area contributed by atoms with E-state index >= 15 is 0 Å². The molecule has 1 aromatic carbocycles. The quantitative estimate of drug-likeness (QED) is 0.730. The molecule has 1 heterocycles. The maximum Gasteiger partial charge on any atom is 0.344 e. The molecule has 0 saturated heterocycles. The minimum atomic E-state index is -0.393. The van der Waals surface area contributed by atoms with E-state index < -0.39 is 5.97 Å². The van der Waals surface area contributed by atoms with E-state index in [0.29, 0.717) is 5.88 Å². The molecule has 0 fully saturated rings. The molecule has 4 nitrogen and oxygen atoms in total. The summed E-state index contributed by atoms with van der Waals surface area (Å²) < 4.78 is 11.0. The number of allylic oxidation sites excluding steroid dienone is 2. The first-order valence-electron chi connectivity index (χ1n) is 8.71. The molecule has 0 N–H and O–H groups in total. The van der Waals surface area contributed by atoms with E-state index in [2.05, 4.69) is 11.1 Å². The number of ether oxygens (including phenoxy) is 2. The van der Waals surface area contributed by atoms with Gasteiger partial charge >= 0.3 is 5.97 Å². The van der Waals surface area contributed by atoms with Crippen molar-refractivity contribution < 1.29 is 14.3 Å². The van der Waals surface area contributed by atoms with Crippen LogP contribution in [0.25, 0.3) is 5.57 Å². The number of carbonyl (C=O) groups is 1. The van der Waals surface area contributed by atoms with Gasteiger partial charge in [0.05, 0.1) is 0 Å². The Balaban J connectivity index is 1.62. The van der Waals surface area contributed by atoms with Crippen LogP contribution in [0.2, 0.25) is 0 Å². The van der Waals surface area contributed by atoms with E-state index in [-0.39, 0.29) is 13.2 Å². The van der Waals surface area contributed by atoms with E-state index in [1.807, 2.05) is 43.3 Å². The molecule has 2 aromatic rings. The number of hydrogen-bond acceptors (Lipinski definition) is 4. The Bertz CT molecular complexity index is 753. The second kappa shape index (κ2) is 8.47. The number of aromatic nitrogens is 1. The summed E-state index contributed by atoms with van der Waals surface area (Å²) in [5, 5.41) is 0. The summed E-state index contributed by atoms with van der Waals surface area (Å²) in [6, 6.07) is 11.6. The third-order valence-electron chi connectivity index (χ3n) is 4.31. The molecule has 0 aliphatic heterocycles. The van der Waals surface area contributed by atoms with Gasteiger partial charge in [0.1, 0.15) is 6.61 Å². The van der Waals surface area contributed by atoms with Gasteiger partial charge in [0.15, 0.2) is 6.61 Å². The van der Waals surface area contributed by atoms with Gasteiger partial charge in [-0.3, -0.25) is 0 Å². The SMILES string of the molecule is Cc1ccnc(OCC(=O)OCc2ccccc2)c1C1=CCCCC1. The average molecular weight is 337 g/mol. The van der Waals surface area contributed by atoms with Crippen molar-refractivity contribution in [1.29, 1.82) is 0 Å². The lowest BCUT2D eigenvalue weighted by Crippen LogP contribution is -2.16. The lowest BCUT2D eigenvalue weighted by molar-refractivity contribution is -0.147. The number of nitrogens with zero attached hydrogens (tertiary/aromatic N) is 1. The van der Waals surface area contributed by atoms with Crippen LogP contribution in [-0.4, -0.2) is 17.6 Å². The molecule has 3 rings (SSSR count). The molecular formula is C21H23NO3. The zero-order chi connectivity index (χ0) is 17.5. The van der Waals surface area contributed by atoms with E-state index in [4.69, 9.17) is 9.47 Å². The summed E-state index contributed by atoms with van der Waals surface area (Å²) in [5.74, 6) is 0.126. The molecule has 0 spiro atoms. The largest absolute Gasteiger partial charge is 0.465 e. The first kappa shape index (κ1) is 17.2. The number of carbonyl (C=O) groups excluding carboxylic acids is 1. The van der Waals surface area contributed by atoms with Gasteiger partial charge in [0, 0.05) is 11.8 Å². The Morgan fingerprint density at radius 3 is 2.76 bits per heavy atom. The number of esters is 1. The Hall–Kier alpha value is -2.62. The van der Waals surface area contributed by atoms with E-state index in [1.54, 1.807) is 6.20 Å². The van der Waals surface area contributed by atoms with Crippen LogP contribution in [0.15, 0.2) is 48.7 Å². The molecule has 0 radical (unpaired) electrons. The molecular weight excluding hydrogens is 314 g/mol. The predicted molar refractivity (Wildman–Crippen MR) is 97.2 cm³/mol. The van der Waals surface area contributed by atoms with Gasteiger partial charge in [0.25, 0.3) is 0 Å². The van der Waals surface area contributed by atoms with E-state index in [0.717, 1.165) is 29.5 Å². The zero-order valence-corrected chi connectivity index (χ0v) is 14.5. The van der Waals surface area contributed by atoms with Crippen molar-refractivity contribution in [3.05, 3.63) is 65.4 Å². The van der Waals surface area contributed by atoms with Crippen LogP contribution in [0.3, 0.4) is 0 Å². The average Bonchev–Trinajstić information content (AvgIpc) is 2.66. The molecule has 0 saturated carbocycles. The van der Waals surface area contributed by atoms with Gasteiger partial charge in [-0.1, -0.05) is 36.4 Å². The third kappa shape index (κ3) is 4.69. The maximum atomic E-state index is 12.0. The lowest BCUT2D eigenvalue weighted by Gasteiger charge is -2.18. The summed E-state index contributed by atoms with van der Waals surface area (Å²) in [5.41, 5.74) is 4.37. The van der Waals surface area contributed by atoms with Crippen LogP contribution < -0.4 is 4.74 Å². The Morgan fingerprint density at radius 1 is 1.16 bits per heavy atom. The highest BCUT2D eigenvalue weighted by molar-refractivity contribution is 5.74. The molecule has 1 aliphatic carbocycles. The van der Waals surface area contributed by atoms with Crippen LogP contribution in [-0.2, 0) is 16.1 Å². The minimum absolute atomic E-state index is 0.135. The second-order valence-electron chi connectivity index (χ2n) is 6.22. The number of pyridine rings is 1. The molecule has 4 heteroatoms. The van der Waals surface area contributed by atoms with Crippen molar-refractivity contribution in [2.24, 2.45) is 0 Å². The summed E-state index contributed by atoms with van der Waals surface area (Å²) in [6.07, 6.45) is 8.49. The summed E-state index contributed by atoms with van der Waals surface area (Å²) in [6.45, 7) is 2.17. The zero-order valence-electron chi connectivity index (χ0n) is 14.5. The Morgan fingerprint density at radius 2 is 2.00 bits per heavy atom. The van der Waals surface area contributed by atoms with Gasteiger partial charge in [-0.25, -0.2) is 9.78 Å². The highest BCUT2D eigenvalue weighted by Crippen LogP contribution is 2.33. The fourth-order valence-corrected chi connectivity index (χ4v) is 3.01. The lowest BCUT2D eigenvalue weighted by atomic mass is 9.92. The van der Waals surface area contributed by atoms with Gasteiger partial charge in [-0.2, -0.15) is 0 Å². The van der Waals surface area contributed by atoms with Crippen LogP contribution in [0.1, 0.15) is 42.4 Å². The topological polar surface area (TPSA) is 48.4 Å². The number of aryl methyl sites for hydroxylation is 1. The molecule has 1 aromatic heterocycles. The van der Waals surface area contributed by atoms with Crippen LogP contribution in [0.4, 0.5) is 0 Å². The normalized spacial score (nSPS) is 13.9. The first-order chi connectivity index (χ1) is 12.2. The van der Waals surface area contributed by atoms with Crippen LogP contribution in [0, 0.1) is 6.92 Å². The number of benzene rings is 1. The summed E-state index contributed by atoms with van der Waals surface area (Å²) >= 11 is 0. The monoisotopic (exact) mass is 337 g/mol. The predicted octanol–water partition coefficient (Wildman–Crippen LogP) is 4.47. The molecule has 0 unspecified atom stereocenters. The van der Waals surface area contributed by atoms with Gasteiger partial charge in [-0.05, 0) is 55.4 Å². The van der Waals surface area contributed by atoms with Crippen molar-refractivity contribution in [2.45, 2.75) is 39.2 Å². The van der Waals surface area contributed by atoms with Gasteiger partial charge in [0.2, 0.25) is 5.88 Å². The Kier molecular flexibility index (Phi) is 5.83. The standard InChI is InChI=1S/C21H23NO3/c1-16-12-13-22-21(20(16)18-10-6-3-7-11-18)25-15-19(23)24-14-17-8-4-2-5-9-17/h2,4-5,8-10,12-13H,3,6-7,11,14-15H2,1H3. The van der Waals surface area contributed by atoms with Gasteiger partial charge < -0.3 is 9.47 Å². The van der Waals surface area contributed by atoms with Gasteiger partial charge in [-0.15, -0.1) is 0 Å². The van der Waals surface area contributed by atoms with Crippen molar-refractivity contribution >= 4 is 11.5 Å². The molecule has 130 valence electrons. The maximum absolute atomic E-state index is 12.0. The number of rotatable bonds is 6. The fraction of sp³-hybridized carbons (Fsp3) is 0.333. The van der Waals surface area contributed by atoms with Crippen LogP contribution >= 0.6 is 0 Å². The van der Waals surface area contributed by atoms with Crippen molar-refractivity contribution in [1.82, 2.24) is 4.98 Å². The molecule has 25 heavy (non-hydrogen) atoms. The number of hydrogen-bond donors (Lipinski definition) is 0. The molecule has 0 atom stereocenters. The highest BCUT2D eigenvalue weighted by atomic mass is 16.6. The second-order valence-corrected chi connectivity index (χ2v) is 6.22.